The monoisotopic (exact) mass is 411 g/mol. The molecule has 0 spiro atoms. The standard InChI is InChI=1S/C17H10B3F2NO5S/c18-16(10-6-11(21)8-12(22)7-10)14(24)13(15(23)27-16)28-29(25,26)17(19,20)9-4-2-1-3-5-9/h1-8H,23H2. The van der Waals surface area contributed by atoms with Crippen molar-refractivity contribution >= 4 is 39.4 Å². The third kappa shape index (κ3) is 3.52. The Hall–Kier alpha value is -2.75. The maximum atomic E-state index is 13.5. The van der Waals surface area contributed by atoms with Crippen LogP contribution in [-0.2, 0) is 33.9 Å². The number of benzene rings is 2. The summed E-state index contributed by atoms with van der Waals surface area (Å²) in [6.07, 6.45) is 0. The van der Waals surface area contributed by atoms with E-state index in [0.717, 1.165) is 12.1 Å². The van der Waals surface area contributed by atoms with Gasteiger partial charge in [0.1, 0.15) is 19.5 Å². The lowest BCUT2D eigenvalue weighted by Gasteiger charge is -2.26. The first kappa shape index (κ1) is 21.0. The molecule has 0 amide bonds. The van der Waals surface area contributed by atoms with Gasteiger partial charge >= 0.3 is 10.1 Å². The predicted octanol–water partition coefficient (Wildman–Crippen LogP) is 0.507. The quantitative estimate of drug-likeness (QED) is 0.570. The molecule has 2 aromatic carbocycles. The highest BCUT2D eigenvalue weighted by molar-refractivity contribution is 7.90. The Morgan fingerprint density at radius 2 is 1.62 bits per heavy atom. The van der Waals surface area contributed by atoms with Gasteiger partial charge in [-0.15, -0.1) is 0 Å². The lowest BCUT2D eigenvalue weighted by Crippen LogP contribution is -2.40. The van der Waals surface area contributed by atoms with Gasteiger partial charge in [-0.05, 0) is 23.3 Å². The van der Waals surface area contributed by atoms with Crippen LogP contribution in [0.1, 0.15) is 11.1 Å². The molecule has 0 aromatic heterocycles. The number of Topliss-reactive ketones (excluding diaryl/α,β-unsaturated/α-hetero) is 1. The lowest BCUT2D eigenvalue weighted by molar-refractivity contribution is -0.126. The molecule has 29 heavy (non-hydrogen) atoms. The fourth-order valence-electron chi connectivity index (χ4n) is 2.61. The van der Waals surface area contributed by atoms with Gasteiger partial charge in [0, 0.05) is 6.07 Å². The van der Waals surface area contributed by atoms with Crippen molar-refractivity contribution in [3.8, 4) is 0 Å². The molecule has 1 atom stereocenters. The average molecular weight is 411 g/mol. The molecule has 12 heteroatoms. The molecular weight excluding hydrogens is 401 g/mol. The molecule has 1 heterocycles. The minimum atomic E-state index is -4.90. The summed E-state index contributed by atoms with van der Waals surface area (Å²) in [5, 5.41) is 0. The van der Waals surface area contributed by atoms with Gasteiger partial charge < -0.3 is 14.7 Å². The van der Waals surface area contributed by atoms with Crippen molar-refractivity contribution in [1.29, 1.82) is 0 Å². The molecule has 0 fully saturated rings. The van der Waals surface area contributed by atoms with Gasteiger partial charge in [0.2, 0.25) is 17.4 Å². The Bertz CT molecular complexity index is 1100. The third-order valence-electron chi connectivity index (χ3n) is 4.16. The highest BCUT2D eigenvalue weighted by Gasteiger charge is 2.50. The van der Waals surface area contributed by atoms with Gasteiger partial charge in [-0.1, -0.05) is 30.3 Å². The van der Waals surface area contributed by atoms with Crippen LogP contribution in [0.3, 0.4) is 0 Å². The van der Waals surface area contributed by atoms with E-state index < -0.39 is 54.8 Å². The van der Waals surface area contributed by atoms with Crippen molar-refractivity contribution in [3.63, 3.8) is 0 Å². The van der Waals surface area contributed by atoms with E-state index in [1.54, 1.807) is 6.07 Å². The number of carbonyl (C=O) groups excluding carboxylic acids is 1. The van der Waals surface area contributed by atoms with Crippen LogP contribution >= 0.6 is 0 Å². The molecule has 1 unspecified atom stereocenters. The highest BCUT2D eigenvalue weighted by atomic mass is 32.2. The molecule has 1 aliphatic heterocycles. The second kappa shape index (κ2) is 6.94. The summed E-state index contributed by atoms with van der Waals surface area (Å²) in [6, 6.07) is 9.23. The van der Waals surface area contributed by atoms with E-state index >= 15 is 0 Å². The summed E-state index contributed by atoms with van der Waals surface area (Å²) in [6.45, 7) is 0. The molecule has 0 saturated carbocycles. The van der Waals surface area contributed by atoms with Gasteiger partial charge in [-0.2, -0.15) is 8.42 Å². The summed E-state index contributed by atoms with van der Waals surface area (Å²) >= 11 is 0. The van der Waals surface area contributed by atoms with Crippen LogP contribution in [0.4, 0.5) is 8.78 Å². The topological polar surface area (TPSA) is 95.7 Å². The first-order valence-electron chi connectivity index (χ1n) is 7.95. The highest BCUT2D eigenvalue weighted by Crippen LogP contribution is 2.38. The van der Waals surface area contributed by atoms with E-state index in [9.17, 15) is 22.0 Å². The molecule has 2 aromatic rings. The Kier molecular flexibility index (Phi) is 5.02. The summed E-state index contributed by atoms with van der Waals surface area (Å²) in [4.78, 5) is 12.7. The van der Waals surface area contributed by atoms with E-state index in [1.165, 1.54) is 24.3 Å². The molecule has 6 nitrogen and oxygen atoms in total. The average Bonchev–Trinajstić information content (AvgIpc) is 2.85. The lowest BCUT2D eigenvalue weighted by atomic mass is 9.65. The summed E-state index contributed by atoms with van der Waals surface area (Å²) in [5.41, 5.74) is 2.53. The minimum absolute atomic E-state index is 0.0447. The predicted molar refractivity (Wildman–Crippen MR) is 101 cm³/mol. The van der Waals surface area contributed by atoms with Crippen molar-refractivity contribution in [3.05, 3.63) is 82.9 Å². The van der Waals surface area contributed by atoms with E-state index in [-0.39, 0.29) is 5.56 Å². The maximum absolute atomic E-state index is 13.5. The van der Waals surface area contributed by atoms with E-state index in [1.807, 2.05) is 0 Å². The molecule has 0 saturated heterocycles. The van der Waals surface area contributed by atoms with E-state index in [0.29, 0.717) is 6.07 Å². The largest absolute Gasteiger partial charge is 0.467 e. The molecule has 142 valence electrons. The van der Waals surface area contributed by atoms with Crippen LogP contribution in [0.2, 0.25) is 0 Å². The minimum Gasteiger partial charge on any atom is -0.467 e. The number of halogens is 2. The second-order valence-corrected chi connectivity index (χ2v) is 7.97. The van der Waals surface area contributed by atoms with E-state index in [4.69, 9.17) is 38.2 Å². The third-order valence-corrected chi connectivity index (χ3v) is 5.61. The van der Waals surface area contributed by atoms with Crippen LogP contribution < -0.4 is 5.73 Å². The molecule has 0 bridgehead atoms. The first-order valence-corrected chi connectivity index (χ1v) is 9.35. The number of hydrogen-bond donors (Lipinski definition) is 1. The smallest absolute Gasteiger partial charge is 0.302 e. The zero-order valence-electron chi connectivity index (χ0n) is 14.6. The Morgan fingerprint density at radius 3 is 2.17 bits per heavy atom. The van der Waals surface area contributed by atoms with E-state index in [2.05, 4.69) is 0 Å². The zero-order chi connectivity index (χ0) is 21.6. The van der Waals surface area contributed by atoms with Crippen molar-refractivity contribution in [2.75, 3.05) is 0 Å². The fraction of sp³-hybridized carbons (Fsp3) is 0.118. The number of ketones is 1. The van der Waals surface area contributed by atoms with Crippen LogP contribution in [0, 0.1) is 11.6 Å². The van der Waals surface area contributed by atoms with Gasteiger partial charge in [0.05, 0.1) is 20.2 Å². The van der Waals surface area contributed by atoms with Crippen LogP contribution in [0.15, 0.2) is 60.2 Å². The van der Waals surface area contributed by atoms with Gasteiger partial charge in [-0.25, -0.2) is 8.78 Å². The van der Waals surface area contributed by atoms with Crippen LogP contribution in [-0.4, -0.2) is 37.7 Å². The molecule has 0 aliphatic carbocycles. The summed E-state index contributed by atoms with van der Waals surface area (Å²) in [7, 11) is 12.4. The van der Waals surface area contributed by atoms with Crippen LogP contribution in [0.25, 0.3) is 0 Å². The Balaban J connectivity index is 1.96. The molecule has 3 rings (SSSR count). The molecule has 1 aliphatic rings. The summed E-state index contributed by atoms with van der Waals surface area (Å²) < 4.78 is 59.5. The summed E-state index contributed by atoms with van der Waals surface area (Å²) in [5.74, 6) is -5.24. The second-order valence-electron chi connectivity index (χ2n) is 6.21. The SMILES string of the molecule is [B]C1(c2cc(F)cc(F)c2)OC(N)=C(OS(=O)(=O)C([B])([B])c2ccccc2)C1=O. The Morgan fingerprint density at radius 1 is 1.07 bits per heavy atom. The Labute approximate surface area is 169 Å². The zero-order valence-corrected chi connectivity index (χ0v) is 15.5. The van der Waals surface area contributed by atoms with Crippen molar-refractivity contribution in [2.45, 2.75) is 10.0 Å². The van der Waals surface area contributed by atoms with Crippen LogP contribution in [0.5, 0.6) is 0 Å². The number of carbonyl (C=O) groups is 1. The normalized spacial score (nSPS) is 19.9. The molecular formula is C17H10B3F2NO5S. The van der Waals surface area contributed by atoms with Crippen molar-refractivity contribution in [2.24, 2.45) is 5.73 Å². The molecule has 2 N–H and O–H groups in total. The van der Waals surface area contributed by atoms with Crippen molar-refractivity contribution < 1.29 is 30.9 Å². The van der Waals surface area contributed by atoms with Crippen molar-refractivity contribution in [1.82, 2.24) is 0 Å². The number of nitrogens with two attached hydrogens (primary N) is 1. The number of ether oxygens (including phenoxy) is 1. The first-order chi connectivity index (χ1) is 13.4. The fourth-order valence-corrected chi connectivity index (χ4v) is 3.55. The van der Waals surface area contributed by atoms with Gasteiger partial charge in [0.15, 0.2) is 5.50 Å². The molecule has 6 radical (unpaired) electrons. The number of hydrogen-bond acceptors (Lipinski definition) is 6. The number of rotatable bonds is 5. The maximum Gasteiger partial charge on any atom is 0.302 e. The van der Waals surface area contributed by atoms with Gasteiger partial charge in [0.25, 0.3) is 0 Å². The van der Waals surface area contributed by atoms with Gasteiger partial charge in [-0.3, -0.25) is 4.79 Å².